The molecular formula is C8H12N2O2. The Kier molecular flexibility index (Phi) is 18.0. The molecule has 4 heteroatoms. The van der Waals surface area contributed by atoms with Gasteiger partial charge in [0.15, 0.2) is 0 Å². The zero-order valence-corrected chi connectivity index (χ0v) is 6.95. The summed E-state index contributed by atoms with van der Waals surface area (Å²) in [6.07, 6.45) is 0.624. The van der Waals surface area contributed by atoms with E-state index in [9.17, 15) is 0 Å². The molecular weight excluding hydrogens is 156 g/mol. The van der Waals surface area contributed by atoms with E-state index in [-0.39, 0.29) is 13.2 Å². The molecule has 0 saturated carbocycles. The Morgan fingerprint density at radius 2 is 1.25 bits per heavy atom. The Morgan fingerprint density at radius 1 is 0.917 bits per heavy atom. The Balaban J connectivity index is 0. The lowest BCUT2D eigenvalue weighted by atomic mass is 10.5. The quantitative estimate of drug-likeness (QED) is 0.270. The zero-order chi connectivity index (χ0) is 9.66. The van der Waals surface area contributed by atoms with E-state index in [0.717, 1.165) is 0 Å². The van der Waals surface area contributed by atoms with Crippen molar-refractivity contribution in [1.82, 2.24) is 0 Å². The first-order valence-electron chi connectivity index (χ1n) is 3.40. The summed E-state index contributed by atoms with van der Waals surface area (Å²) in [5.74, 6) is 0. The summed E-state index contributed by atoms with van der Waals surface area (Å²) in [7, 11) is 0. The van der Waals surface area contributed by atoms with E-state index in [1.165, 1.54) is 0 Å². The van der Waals surface area contributed by atoms with Crippen molar-refractivity contribution >= 4 is 0 Å². The highest BCUT2D eigenvalue weighted by molar-refractivity contribution is 4.67. The minimum Gasteiger partial charge on any atom is -0.236 e. The first-order chi connectivity index (χ1) is 5.91. The number of hydrogen-bond acceptors (Lipinski definition) is 4. The second-order valence-electron chi connectivity index (χ2n) is 1.46. The highest BCUT2D eigenvalue weighted by Crippen LogP contribution is 1.84. The maximum atomic E-state index is 8.03. The summed E-state index contributed by atoms with van der Waals surface area (Å²) < 4.78 is 0. The third-order valence-electron chi connectivity index (χ3n) is 0.678. The lowest BCUT2D eigenvalue weighted by molar-refractivity contribution is -0.291. The molecule has 66 valence electrons. The predicted molar refractivity (Wildman–Crippen MR) is 43.6 cm³/mol. The Morgan fingerprint density at radius 3 is 1.50 bits per heavy atom. The molecule has 0 aromatic rings. The van der Waals surface area contributed by atoms with E-state index in [2.05, 4.69) is 22.9 Å². The summed E-state index contributed by atoms with van der Waals surface area (Å²) in [5, 5.41) is 16.1. The van der Waals surface area contributed by atoms with Crippen LogP contribution in [0, 0.1) is 22.7 Å². The van der Waals surface area contributed by atoms with Crippen LogP contribution in [0.3, 0.4) is 0 Å². The summed E-state index contributed by atoms with van der Waals surface area (Å²) in [6.45, 7) is 6.53. The zero-order valence-electron chi connectivity index (χ0n) is 6.95. The lowest BCUT2D eigenvalue weighted by Crippen LogP contribution is -1.96. The molecule has 0 bridgehead atoms. The van der Waals surface area contributed by atoms with Crippen LogP contribution in [0.5, 0.6) is 0 Å². The lowest BCUT2D eigenvalue weighted by Gasteiger charge is -1.96. The van der Waals surface area contributed by atoms with Crippen molar-refractivity contribution in [3.8, 4) is 12.1 Å². The summed E-state index contributed by atoms with van der Waals surface area (Å²) in [4.78, 5) is 9.00. The third-order valence-corrected chi connectivity index (χ3v) is 0.678. The van der Waals surface area contributed by atoms with Gasteiger partial charge in [0, 0.05) is 0 Å². The monoisotopic (exact) mass is 168 g/mol. The van der Waals surface area contributed by atoms with Crippen molar-refractivity contribution < 1.29 is 9.78 Å². The van der Waals surface area contributed by atoms with E-state index >= 15 is 0 Å². The van der Waals surface area contributed by atoms with E-state index in [4.69, 9.17) is 10.5 Å². The SMILES string of the molecule is C=C.N#CCCOOCCC#N. The minimum atomic E-state index is 0.266. The molecule has 0 aromatic carbocycles. The second kappa shape index (κ2) is 16.3. The smallest absolute Gasteiger partial charge is 0.0952 e. The summed E-state index contributed by atoms with van der Waals surface area (Å²) >= 11 is 0. The molecule has 0 fully saturated rings. The van der Waals surface area contributed by atoms with Gasteiger partial charge in [-0.05, 0) is 0 Å². The van der Waals surface area contributed by atoms with E-state index in [1.807, 2.05) is 12.1 Å². The average Bonchev–Trinajstić information content (AvgIpc) is 2.15. The topological polar surface area (TPSA) is 66.0 Å². The first kappa shape index (κ1) is 13.2. The molecule has 0 heterocycles. The molecule has 12 heavy (non-hydrogen) atoms. The molecule has 0 aliphatic carbocycles. The molecule has 4 nitrogen and oxygen atoms in total. The number of nitriles is 2. The molecule has 0 atom stereocenters. The van der Waals surface area contributed by atoms with E-state index in [0.29, 0.717) is 12.8 Å². The van der Waals surface area contributed by atoms with Crippen molar-refractivity contribution in [2.75, 3.05) is 13.2 Å². The van der Waals surface area contributed by atoms with Crippen molar-refractivity contribution in [3.63, 3.8) is 0 Å². The molecule has 0 spiro atoms. The van der Waals surface area contributed by atoms with Crippen LogP contribution in [0.2, 0.25) is 0 Å². The molecule has 0 N–H and O–H groups in total. The predicted octanol–water partition coefficient (Wildman–Crippen LogP) is 1.56. The fourth-order valence-corrected chi connectivity index (χ4v) is 0.292. The summed E-state index contributed by atoms with van der Waals surface area (Å²) in [5.41, 5.74) is 0. The van der Waals surface area contributed by atoms with Crippen molar-refractivity contribution in [2.45, 2.75) is 12.8 Å². The normalized spacial score (nSPS) is 7.17. The third kappa shape index (κ3) is 15.9. The molecule has 0 unspecified atom stereocenters. The molecule has 0 radical (unpaired) electrons. The van der Waals surface area contributed by atoms with Crippen molar-refractivity contribution in [1.29, 1.82) is 10.5 Å². The minimum absolute atomic E-state index is 0.266. The van der Waals surface area contributed by atoms with Crippen LogP contribution >= 0.6 is 0 Å². The molecule has 0 aromatic heterocycles. The Labute approximate surface area is 72.6 Å². The van der Waals surface area contributed by atoms with Crippen LogP contribution < -0.4 is 0 Å². The van der Waals surface area contributed by atoms with Crippen LogP contribution in [0.25, 0.3) is 0 Å². The fraction of sp³-hybridized carbons (Fsp3) is 0.500. The standard InChI is InChI=1S/C6H8N2O2.C2H4/c7-3-1-5-9-10-6-2-4-8;1-2/h1-2,5-6H2;1-2H2. The fourth-order valence-electron chi connectivity index (χ4n) is 0.292. The van der Waals surface area contributed by atoms with Crippen LogP contribution in [-0.4, -0.2) is 13.2 Å². The Bertz CT molecular complexity index is 139. The van der Waals surface area contributed by atoms with Gasteiger partial charge in [-0.3, -0.25) is 0 Å². The van der Waals surface area contributed by atoms with Gasteiger partial charge in [-0.2, -0.15) is 10.5 Å². The van der Waals surface area contributed by atoms with Gasteiger partial charge in [0.25, 0.3) is 0 Å². The van der Waals surface area contributed by atoms with Gasteiger partial charge >= 0.3 is 0 Å². The van der Waals surface area contributed by atoms with Gasteiger partial charge in [-0.1, -0.05) is 0 Å². The van der Waals surface area contributed by atoms with Crippen molar-refractivity contribution in [2.24, 2.45) is 0 Å². The first-order valence-corrected chi connectivity index (χ1v) is 3.40. The summed E-state index contributed by atoms with van der Waals surface area (Å²) in [6, 6.07) is 3.78. The maximum Gasteiger partial charge on any atom is 0.0952 e. The van der Waals surface area contributed by atoms with E-state index < -0.39 is 0 Å². The van der Waals surface area contributed by atoms with Crippen LogP contribution in [0.4, 0.5) is 0 Å². The van der Waals surface area contributed by atoms with E-state index in [1.54, 1.807) is 0 Å². The highest BCUT2D eigenvalue weighted by atomic mass is 17.2. The van der Waals surface area contributed by atoms with Gasteiger partial charge in [0.2, 0.25) is 0 Å². The Hall–Kier alpha value is -1.36. The van der Waals surface area contributed by atoms with Gasteiger partial charge in [-0.15, -0.1) is 13.2 Å². The molecule has 0 amide bonds. The van der Waals surface area contributed by atoms with Crippen LogP contribution in [0.15, 0.2) is 13.2 Å². The van der Waals surface area contributed by atoms with Gasteiger partial charge in [0.05, 0.1) is 38.2 Å². The average molecular weight is 168 g/mol. The van der Waals surface area contributed by atoms with Crippen LogP contribution in [-0.2, 0) is 9.78 Å². The molecule has 0 rings (SSSR count). The van der Waals surface area contributed by atoms with Crippen molar-refractivity contribution in [3.05, 3.63) is 13.2 Å². The van der Waals surface area contributed by atoms with Gasteiger partial charge in [0.1, 0.15) is 0 Å². The molecule has 0 aliphatic heterocycles. The highest BCUT2D eigenvalue weighted by Gasteiger charge is 1.86. The maximum absolute atomic E-state index is 8.03. The molecule has 0 saturated heterocycles. The number of nitrogens with zero attached hydrogens (tertiary/aromatic N) is 2. The van der Waals surface area contributed by atoms with Crippen LogP contribution in [0.1, 0.15) is 12.8 Å². The number of hydrogen-bond donors (Lipinski definition) is 0. The second-order valence-corrected chi connectivity index (χ2v) is 1.46. The largest absolute Gasteiger partial charge is 0.236 e. The van der Waals surface area contributed by atoms with Gasteiger partial charge < -0.3 is 0 Å². The number of rotatable bonds is 5. The molecule has 0 aliphatic rings. The van der Waals surface area contributed by atoms with Gasteiger partial charge in [-0.25, -0.2) is 9.78 Å².